The van der Waals surface area contributed by atoms with E-state index in [0.717, 1.165) is 22.9 Å². The van der Waals surface area contributed by atoms with Gasteiger partial charge >= 0.3 is 0 Å². The quantitative estimate of drug-likeness (QED) is 0.311. The number of amides is 1. The van der Waals surface area contributed by atoms with Gasteiger partial charge in [-0.25, -0.2) is 18.1 Å². The molecule has 2 heterocycles. The lowest BCUT2D eigenvalue weighted by atomic mass is 10.0. The zero-order valence-electron chi connectivity index (χ0n) is 19.7. The number of nitrogens with zero attached hydrogens (tertiary/aromatic N) is 3. The maximum Gasteiger partial charge on any atom is 0.255 e. The van der Waals surface area contributed by atoms with Crippen LogP contribution in [0.15, 0.2) is 77.9 Å². The number of aromatic nitrogens is 3. The number of hydrogen-bond donors (Lipinski definition) is 3. The van der Waals surface area contributed by atoms with Crippen LogP contribution in [0, 0.1) is 0 Å². The SMILES string of the molecule is CC(CNC(=O)c1ccccc1O)(CC(O)n1cc(-c2ccc(-c3cnco3)cc2)cn1)S(C)(=O)=O. The van der Waals surface area contributed by atoms with Gasteiger partial charge in [0.1, 0.15) is 12.0 Å². The van der Waals surface area contributed by atoms with E-state index in [0.29, 0.717) is 5.76 Å². The van der Waals surface area contributed by atoms with Gasteiger partial charge in [0.15, 0.2) is 22.0 Å². The molecule has 4 rings (SSSR count). The number of benzene rings is 2. The van der Waals surface area contributed by atoms with Gasteiger partial charge in [-0.3, -0.25) is 4.79 Å². The monoisotopic (exact) mass is 510 g/mol. The van der Waals surface area contributed by atoms with E-state index < -0.39 is 26.7 Å². The van der Waals surface area contributed by atoms with Gasteiger partial charge in [-0.15, -0.1) is 0 Å². The third-order valence-electron chi connectivity index (χ3n) is 6.12. The van der Waals surface area contributed by atoms with Gasteiger partial charge in [-0.05, 0) is 24.6 Å². The van der Waals surface area contributed by atoms with E-state index in [1.807, 2.05) is 24.3 Å². The predicted octanol–water partition coefficient (Wildman–Crippen LogP) is 3.03. The summed E-state index contributed by atoms with van der Waals surface area (Å²) in [5.74, 6) is -0.191. The van der Waals surface area contributed by atoms with Gasteiger partial charge in [0.2, 0.25) is 0 Å². The second kappa shape index (κ2) is 9.96. The van der Waals surface area contributed by atoms with Crippen LogP contribution in [0.4, 0.5) is 0 Å². The van der Waals surface area contributed by atoms with Crippen molar-refractivity contribution >= 4 is 15.7 Å². The number of carbonyl (C=O) groups is 1. The van der Waals surface area contributed by atoms with Gasteiger partial charge in [0.25, 0.3) is 5.91 Å². The minimum absolute atomic E-state index is 0.0277. The third kappa shape index (κ3) is 5.31. The summed E-state index contributed by atoms with van der Waals surface area (Å²) < 4.78 is 30.4. The zero-order valence-corrected chi connectivity index (χ0v) is 20.5. The Bertz CT molecular complexity index is 1450. The van der Waals surface area contributed by atoms with Crippen LogP contribution in [-0.4, -0.2) is 56.9 Å². The Balaban J connectivity index is 1.47. The summed E-state index contributed by atoms with van der Waals surface area (Å²) in [7, 11) is -3.72. The molecule has 2 atom stereocenters. The number of nitrogens with one attached hydrogen (secondary N) is 1. The molecule has 0 spiro atoms. The van der Waals surface area contributed by atoms with Gasteiger partial charge in [0, 0.05) is 36.5 Å². The van der Waals surface area contributed by atoms with Gasteiger partial charge < -0.3 is 19.9 Å². The molecule has 0 aliphatic carbocycles. The molecule has 1 amide bonds. The molecular weight excluding hydrogens is 484 g/mol. The topological polar surface area (TPSA) is 148 Å². The third-order valence-corrected chi connectivity index (χ3v) is 8.22. The van der Waals surface area contributed by atoms with Crippen LogP contribution in [0.5, 0.6) is 5.75 Å². The van der Waals surface area contributed by atoms with E-state index in [9.17, 15) is 23.4 Å². The zero-order chi connectivity index (χ0) is 25.9. The van der Waals surface area contributed by atoms with Crippen LogP contribution in [0.1, 0.15) is 29.9 Å². The molecule has 0 aliphatic rings. The lowest BCUT2D eigenvalue weighted by molar-refractivity contribution is 0.0689. The fourth-order valence-electron chi connectivity index (χ4n) is 3.70. The van der Waals surface area contributed by atoms with Crippen LogP contribution in [0.3, 0.4) is 0 Å². The highest BCUT2D eigenvalue weighted by molar-refractivity contribution is 7.92. The fourth-order valence-corrected chi connectivity index (χ4v) is 4.48. The van der Waals surface area contributed by atoms with Crippen LogP contribution in [0.2, 0.25) is 0 Å². The average molecular weight is 511 g/mol. The molecule has 0 fully saturated rings. The minimum Gasteiger partial charge on any atom is -0.507 e. The summed E-state index contributed by atoms with van der Waals surface area (Å²) in [5.41, 5.74) is 2.46. The molecule has 0 bridgehead atoms. The molecule has 188 valence electrons. The normalized spacial score (nSPS) is 14.2. The van der Waals surface area contributed by atoms with Crippen LogP contribution < -0.4 is 5.32 Å². The Labute approximate surface area is 208 Å². The van der Waals surface area contributed by atoms with Gasteiger partial charge in [0.05, 0.1) is 22.7 Å². The molecule has 2 aromatic heterocycles. The number of sulfone groups is 1. The number of phenols is 1. The first-order valence-corrected chi connectivity index (χ1v) is 12.9. The number of aromatic hydroxyl groups is 1. The molecule has 0 saturated heterocycles. The summed E-state index contributed by atoms with van der Waals surface area (Å²) in [5, 5.41) is 27.5. The van der Waals surface area contributed by atoms with Crippen molar-refractivity contribution in [3.63, 3.8) is 0 Å². The van der Waals surface area contributed by atoms with E-state index in [2.05, 4.69) is 15.4 Å². The molecule has 0 aliphatic heterocycles. The van der Waals surface area contributed by atoms with Crippen LogP contribution >= 0.6 is 0 Å². The summed E-state index contributed by atoms with van der Waals surface area (Å²) in [6.07, 6.45) is 5.73. The first kappa shape index (κ1) is 25.1. The second-order valence-corrected chi connectivity index (χ2v) is 11.3. The Morgan fingerprint density at radius 1 is 1.11 bits per heavy atom. The van der Waals surface area contributed by atoms with E-state index in [-0.39, 0.29) is 24.3 Å². The van der Waals surface area contributed by atoms with Crippen molar-refractivity contribution in [2.45, 2.75) is 24.3 Å². The molecule has 4 aromatic rings. The lowest BCUT2D eigenvalue weighted by Crippen LogP contribution is -2.47. The predicted molar refractivity (Wildman–Crippen MR) is 133 cm³/mol. The number of phenolic OH excluding ortho intramolecular Hbond substituents is 1. The number of aliphatic hydroxyl groups is 1. The van der Waals surface area contributed by atoms with Gasteiger partial charge in [-0.1, -0.05) is 36.4 Å². The van der Waals surface area contributed by atoms with Crippen molar-refractivity contribution in [1.29, 1.82) is 0 Å². The minimum atomic E-state index is -3.72. The Morgan fingerprint density at radius 3 is 2.44 bits per heavy atom. The summed E-state index contributed by atoms with van der Waals surface area (Å²) in [6, 6.07) is 13.5. The van der Waals surface area contributed by atoms with E-state index >= 15 is 0 Å². The molecule has 36 heavy (non-hydrogen) atoms. The van der Waals surface area contributed by atoms with E-state index in [1.165, 1.54) is 30.1 Å². The van der Waals surface area contributed by atoms with Crippen molar-refractivity contribution in [3.05, 3.63) is 79.1 Å². The van der Waals surface area contributed by atoms with Gasteiger partial charge in [-0.2, -0.15) is 5.10 Å². The average Bonchev–Trinajstić information content (AvgIpc) is 3.55. The summed E-state index contributed by atoms with van der Waals surface area (Å²) >= 11 is 0. The highest BCUT2D eigenvalue weighted by Crippen LogP contribution is 2.29. The number of hydrogen-bond acceptors (Lipinski definition) is 8. The summed E-state index contributed by atoms with van der Waals surface area (Å²) in [6.45, 7) is 1.18. The van der Waals surface area contributed by atoms with E-state index in [4.69, 9.17) is 4.42 Å². The molecule has 2 unspecified atom stereocenters. The Kier molecular flexibility index (Phi) is 6.95. The van der Waals surface area contributed by atoms with Crippen molar-refractivity contribution in [2.75, 3.05) is 12.8 Å². The standard InChI is InChI=1S/C25H26N4O6S/c1-25(36(2,33)34,15-27-24(32)20-5-3-4-6-21(20)30)11-23(31)29-14-19(12-28-29)17-7-9-18(10-8-17)22-13-26-16-35-22/h3-10,12-14,16,23,30-31H,11,15H2,1-2H3,(H,27,32). The van der Waals surface area contributed by atoms with Crippen molar-refractivity contribution in [3.8, 4) is 28.2 Å². The molecule has 10 nitrogen and oxygen atoms in total. The number of rotatable bonds is 9. The highest BCUT2D eigenvalue weighted by Gasteiger charge is 2.39. The molecule has 0 radical (unpaired) electrons. The van der Waals surface area contributed by atoms with Crippen molar-refractivity contribution in [2.24, 2.45) is 0 Å². The number of para-hydroxylation sites is 1. The first-order valence-electron chi connectivity index (χ1n) is 11.0. The number of aliphatic hydroxyl groups excluding tert-OH is 1. The molecule has 3 N–H and O–H groups in total. The van der Waals surface area contributed by atoms with Crippen LogP contribution in [-0.2, 0) is 9.84 Å². The fraction of sp³-hybridized carbons (Fsp3) is 0.240. The molecule has 2 aromatic carbocycles. The van der Waals surface area contributed by atoms with E-state index in [1.54, 1.807) is 30.7 Å². The second-order valence-electron chi connectivity index (χ2n) is 8.76. The largest absolute Gasteiger partial charge is 0.507 e. The number of oxazole rings is 1. The lowest BCUT2D eigenvalue weighted by Gasteiger charge is -2.30. The number of carbonyl (C=O) groups excluding carboxylic acids is 1. The maximum atomic E-state index is 12.6. The molecule has 0 saturated carbocycles. The molecular formula is C25H26N4O6S. The maximum absolute atomic E-state index is 12.6. The van der Waals surface area contributed by atoms with Crippen molar-refractivity contribution < 1.29 is 27.8 Å². The van der Waals surface area contributed by atoms with Crippen molar-refractivity contribution in [1.82, 2.24) is 20.1 Å². The highest BCUT2D eigenvalue weighted by atomic mass is 32.2. The smallest absolute Gasteiger partial charge is 0.255 e. The Morgan fingerprint density at radius 2 is 1.81 bits per heavy atom. The van der Waals surface area contributed by atoms with Crippen LogP contribution in [0.25, 0.3) is 22.5 Å². The first-order chi connectivity index (χ1) is 17.1. The summed E-state index contributed by atoms with van der Waals surface area (Å²) in [4.78, 5) is 16.4. The molecule has 11 heteroatoms. The Hall–Kier alpha value is -3.96.